The maximum Gasteiger partial charge on any atom is 0.325 e. The van der Waals surface area contributed by atoms with Crippen LogP contribution in [0.25, 0.3) is 0 Å². The van der Waals surface area contributed by atoms with Gasteiger partial charge in [-0.05, 0) is 30.5 Å². The molecule has 3 amide bonds. The van der Waals surface area contributed by atoms with Crippen molar-refractivity contribution in [3.8, 4) is 0 Å². The number of nitrogens with zero attached hydrogens (tertiary/aromatic N) is 2. The molecule has 0 aromatic heterocycles. The average Bonchev–Trinajstić information content (AvgIpc) is 3.09. The molecule has 8 heteroatoms. The average molecular weight is 351 g/mol. The van der Waals surface area contributed by atoms with E-state index in [-0.39, 0.29) is 17.3 Å². The minimum Gasteiger partial charge on any atom is -0.323 e. The van der Waals surface area contributed by atoms with Gasteiger partial charge in [0.15, 0.2) is 0 Å². The number of hydrogen-bond donors (Lipinski definition) is 1. The van der Waals surface area contributed by atoms with E-state index in [2.05, 4.69) is 5.32 Å². The summed E-state index contributed by atoms with van der Waals surface area (Å²) < 4.78 is 25.6. The third-order valence-corrected chi connectivity index (χ3v) is 6.53. The fraction of sp³-hybridized carbons (Fsp3) is 0.500. The predicted octanol–water partition coefficient (Wildman–Crippen LogP) is 1.30. The van der Waals surface area contributed by atoms with Crippen molar-refractivity contribution in [1.29, 1.82) is 0 Å². The second-order valence-corrected chi connectivity index (χ2v) is 8.70. The monoisotopic (exact) mass is 351 g/mol. The molecule has 3 rings (SSSR count). The van der Waals surface area contributed by atoms with Gasteiger partial charge in [0.25, 0.3) is 5.91 Å². The first-order chi connectivity index (χ1) is 11.3. The lowest BCUT2D eigenvalue weighted by Gasteiger charge is -2.20. The van der Waals surface area contributed by atoms with Gasteiger partial charge in [0.2, 0.25) is 10.0 Å². The van der Waals surface area contributed by atoms with Gasteiger partial charge in [-0.25, -0.2) is 17.5 Å². The summed E-state index contributed by atoms with van der Waals surface area (Å²) >= 11 is 0. The Bertz CT molecular complexity index is 782. The molecule has 1 aromatic rings. The SMILES string of the molecule is CN(C)S(=O)(=O)c1cccc(CN2C(=O)NC3(CCCC3)C2=O)c1. The zero-order valence-electron chi connectivity index (χ0n) is 13.8. The summed E-state index contributed by atoms with van der Waals surface area (Å²) in [5, 5.41) is 2.82. The van der Waals surface area contributed by atoms with Gasteiger partial charge in [-0.3, -0.25) is 9.69 Å². The fourth-order valence-corrected chi connectivity index (χ4v) is 4.31. The summed E-state index contributed by atoms with van der Waals surface area (Å²) in [4.78, 5) is 26.2. The molecule has 1 aliphatic carbocycles. The van der Waals surface area contributed by atoms with Crippen molar-refractivity contribution in [2.45, 2.75) is 42.7 Å². The van der Waals surface area contributed by atoms with Crippen molar-refractivity contribution >= 4 is 22.0 Å². The van der Waals surface area contributed by atoms with E-state index in [1.165, 1.54) is 31.1 Å². The Morgan fingerprint density at radius 2 is 1.88 bits per heavy atom. The first-order valence-electron chi connectivity index (χ1n) is 7.92. The van der Waals surface area contributed by atoms with Gasteiger partial charge < -0.3 is 5.32 Å². The van der Waals surface area contributed by atoms with Crippen LogP contribution in [0.4, 0.5) is 4.79 Å². The number of nitrogens with one attached hydrogen (secondary N) is 1. The number of sulfonamides is 1. The van der Waals surface area contributed by atoms with Gasteiger partial charge >= 0.3 is 6.03 Å². The lowest BCUT2D eigenvalue weighted by molar-refractivity contribution is -0.131. The van der Waals surface area contributed by atoms with E-state index in [1.54, 1.807) is 12.1 Å². The largest absolute Gasteiger partial charge is 0.325 e. The molecular formula is C16H21N3O4S. The molecule has 0 bridgehead atoms. The van der Waals surface area contributed by atoms with Crippen LogP contribution in [-0.2, 0) is 21.4 Å². The van der Waals surface area contributed by atoms with Gasteiger partial charge in [-0.2, -0.15) is 0 Å². The molecule has 2 fully saturated rings. The van der Waals surface area contributed by atoms with Crippen LogP contribution in [0.15, 0.2) is 29.2 Å². The van der Waals surface area contributed by atoms with Crippen molar-refractivity contribution in [2.24, 2.45) is 0 Å². The van der Waals surface area contributed by atoms with E-state index in [1.807, 2.05) is 0 Å². The third kappa shape index (κ3) is 2.69. The lowest BCUT2D eigenvalue weighted by atomic mass is 9.98. The molecule has 1 saturated heterocycles. The minimum absolute atomic E-state index is 0.0726. The van der Waals surface area contributed by atoms with E-state index in [0.717, 1.165) is 17.1 Å². The summed E-state index contributed by atoms with van der Waals surface area (Å²) in [7, 11) is -0.630. The number of imide groups is 1. The van der Waals surface area contributed by atoms with E-state index in [4.69, 9.17) is 0 Å². The van der Waals surface area contributed by atoms with Gasteiger partial charge in [-0.15, -0.1) is 0 Å². The van der Waals surface area contributed by atoms with Gasteiger partial charge in [0, 0.05) is 14.1 Å². The standard InChI is InChI=1S/C16H21N3O4S/c1-18(2)24(22,23)13-7-5-6-12(10-13)11-19-14(20)16(17-15(19)21)8-3-4-9-16/h5-7,10H,3-4,8-9,11H2,1-2H3,(H,17,21). The molecule has 1 saturated carbocycles. The van der Waals surface area contributed by atoms with Crippen molar-refractivity contribution in [1.82, 2.24) is 14.5 Å². The highest BCUT2D eigenvalue weighted by atomic mass is 32.2. The van der Waals surface area contributed by atoms with Crippen LogP contribution < -0.4 is 5.32 Å². The van der Waals surface area contributed by atoms with Gasteiger partial charge in [0.1, 0.15) is 5.54 Å². The summed E-state index contributed by atoms with van der Waals surface area (Å²) in [5.74, 6) is -0.203. The van der Waals surface area contributed by atoms with Gasteiger partial charge in [-0.1, -0.05) is 25.0 Å². The third-order valence-electron chi connectivity index (χ3n) is 4.72. The Hall–Kier alpha value is -1.93. The normalized spacial score (nSPS) is 20.2. The molecule has 2 aliphatic rings. The van der Waals surface area contributed by atoms with Crippen LogP contribution in [0.2, 0.25) is 0 Å². The zero-order valence-corrected chi connectivity index (χ0v) is 14.6. The highest BCUT2D eigenvalue weighted by Crippen LogP contribution is 2.35. The topological polar surface area (TPSA) is 86.8 Å². The van der Waals surface area contributed by atoms with Crippen LogP contribution in [0.3, 0.4) is 0 Å². The number of carbonyl (C=O) groups is 2. The van der Waals surface area contributed by atoms with Crippen molar-refractivity contribution in [3.05, 3.63) is 29.8 Å². The Morgan fingerprint density at radius 3 is 2.50 bits per heavy atom. The van der Waals surface area contributed by atoms with Gasteiger partial charge in [0.05, 0.1) is 11.4 Å². The Labute approximate surface area is 141 Å². The smallest absolute Gasteiger partial charge is 0.323 e. The van der Waals surface area contributed by atoms with Crippen molar-refractivity contribution in [3.63, 3.8) is 0 Å². The summed E-state index contributed by atoms with van der Waals surface area (Å²) in [6.45, 7) is 0.0726. The van der Waals surface area contributed by atoms with Crippen LogP contribution in [-0.4, -0.2) is 49.2 Å². The first-order valence-corrected chi connectivity index (χ1v) is 9.36. The maximum absolute atomic E-state index is 12.7. The summed E-state index contributed by atoms with van der Waals surface area (Å²) in [6.07, 6.45) is 3.19. The van der Waals surface area contributed by atoms with Crippen molar-refractivity contribution < 1.29 is 18.0 Å². The van der Waals surface area contributed by atoms with Crippen LogP contribution in [0.5, 0.6) is 0 Å². The number of carbonyl (C=O) groups excluding carboxylic acids is 2. The molecule has 0 unspecified atom stereocenters. The van der Waals surface area contributed by atoms with Crippen molar-refractivity contribution in [2.75, 3.05) is 14.1 Å². The predicted molar refractivity (Wildman–Crippen MR) is 87.6 cm³/mol. The van der Waals surface area contributed by atoms with E-state index in [0.29, 0.717) is 18.4 Å². The molecule has 1 spiro atoms. The maximum atomic E-state index is 12.7. The quantitative estimate of drug-likeness (QED) is 0.829. The molecule has 130 valence electrons. The number of amides is 3. The Kier molecular flexibility index (Phi) is 4.13. The first kappa shape index (κ1) is 16.9. The zero-order chi connectivity index (χ0) is 17.5. The van der Waals surface area contributed by atoms with E-state index < -0.39 is 21.6 Å². The molecule has 1 aromatic carbocycles. The minimum atomic E-state index is -3.55. The molecule has 7 nitrogen and oxygen atoms in total. The molecule has 1 heterocycles. The Balaban J connectivity index is 1.84. The molecule has 0 atom stereocenters. The second kappa shape index (κ2) is 5.86. The van der Waals surface area contributed by atoms with Crippen LogP contribution >= 0.6 is 0 Å². The molecule has 1 aliphatic heterocycles. The molecular weight excluding hydrogens is 330 g/mol. The van der Waals surface area contributed by atoms with E-state index in [9.17, 15) is 18.0 Å². The number of urea groups is 1. The Morgan fingerprint density at radius 1 is 1.21 bits per heavy atom. The number of hydrogen-bond acceptors (Lipinski definition) is 4. The summed E-state index contributed by atoms with van der Waals surface area (Å²) in [6, 6.07) is 5.95. The molecule has 0 radical (unpaired) electrons. The fourth-order valence-electron chi connectivity index (χ4n) is 3.33. The molecule has 1 N–H and O–H groups in total. The lowest BCUT2D eigenvalue weighted by Crippen LogP contribution is -2.44. The van der Waals surface area contributed by atoms with Crippen LogP contribution in [0.1, 0.15) is 31.2 Å². The second-order valence-electron chi connectivity index (χ2n) is 6.55. The summed E-state index contributed by atoms with van der Waals surface area (Å²) in [5.41, 5.74) is -0.138. The number of rotatable bonds is 4. The molecule has 24 heavy (non-hydrogen) atoms. The number of benzene rings is 1. The van der Waals surface area contributed by atoms with E-state index >= 15 is 0 Å². The highest BCUT2D eigenvalue weighted by Gasteiger charge is 2.52. The van der Waals surface area contributed by atoms with Crippen LogP contribution in [0, 0.1) is 0 Å². The highest BCUT2D eigenvalue weighted by molar-refractivity contribution is 7.89.